The lowest BCUT2D eigenvalue weighted by Crippen LogP contribution is -1.89. The molecule has 0 aliphatic carbocycles. The molecule has 0 bridgehead atoms. The van der Waals surface area contributed by atoms with Crippen molar-refractivity contribution >= 4 is 40.8 Å². The highest BCUT2D eigenvalue weighted by Crippen LogP contribution is 2.31. The predicted octanol–water partition coefficient (Wildman–Crippen LogP) is 1.46. The van der Waals surface area contributed by atoms with Gasteiger partial charge < -0.3 is 9.11 Å². The fraction of sp³-hybridized carbons (Fsp3) is 0. The van der Waals surface area contributed by atoms with Crippen molar-refractivity contribution in [2.45, 2.75) is 0 Å². The Morgan fingerprint density at radius 3 is 2.00 bits per heavy atom. The number of rotatable bonds is 3. The maximum Gasteiger partial charge on any atom is 0.403 e. The van der Waals surface area contributed by atoms with E-state index in [2.05, 4.69) is 0 Å². The molecule has 0 fully saturated rings. The van der Waals surface area contributed by atoms with Gasteiger partial charge in [0.2, 0.25) is 0 Å². The van der Waals surface area contributed by atoms with Gasteiger partial charge in [0.05, 0.1) is 0 Å². The second-order valence-electron chi connectivity index (χ2n) is 0.529. The van der Waals surface area contributed by atoms with Crippen molar-refractivity contribution in [2.75, 3.05) is 0 Å². The SMILES string of the molecule is [O-][S+](F)S[S+]([O-])SF. The van der Waals surface area contributed by atoms with Crippen LogP contribution >= 0.6 is 21.0 Å². The van der Waals surface area contributed by atoms with Gasteiger partial charge in [-0.15, -0.1) is 3.89 Å². The van der Waals surface area contributed by atoms with Crippen LogP contribution in [0.4, 0.5) is 7.77 Å². The van der Waals surface area contributed by atoms with Gasteiger partial charge in [0.25, 0.3) is 0 Å². The van der Waals surface area contributed by atoms with Gasteiger partial charge in [0.15, 0.2) is 9.24 Å². The van der Waals surface area contributed by atoms with E-state index in [1.54, 1.807) is 0 Å². The van der Waals surface area contributed by atoms with Crippen LogP contribution in [0.2, 0.25) is 0 Å². The van der Waals surface area contributed by atoms with Crippen LogP contribution in [0.1, 0.15) is 0 Å². The molecule has 50 valence electrons. The molecule has 8 heavy (non-hydrogen) atoms. The third-order valence-electron chi connectivity index (χ3n) is 0.160. The molecule has 0 saturated heterocycles. The Kier molecular flexibility index (Phi) is 5.74. The van der Waals surface area contributed by atoms with Crippen LogP contribution in [0.15, 0.2) is 0 Å². The second kappa shape index (κ2) is 5.00. The number of hydrogen-bond acceptors (Lipinski definition) is 4. The standard InChI is InChI=1S/F2O2S4/c1-5-8(4)6-7(2)3. The zero-order valence-electron chi connectivity index (χ0n) is 3.21. The van der Waals surface area contributed by atoms with Gasteiger partial charge >= 0.3 is 31.6 Å². The zero-order chi connectivity index (χ0) is 6.57. The van der Waals surface area contributed by atoms with Crippen molar-refractivity contribution in [1.29, 1.82) is 0 Å². The topological polar surface area (TPSA) is 46.1 Å². The molecule has 0 aromatic carbocycles. The van der Waals surface area contributed by atoms with Crippen LogP contribution in [0.25, 0.3) is 0 Å². The molecular weight excluding hydrogens is 198 g/mol. The molecule has 2 unspecified atom stereocenters. The summed E-state index contributed by atoms with van der Waals surface area (Å²) in [4.78, 5) is 0. The van der Waals surface area contributed by atoms with E-state index >= 15 is 0 Å². The maximum absolute atomic E-state index is 11.2. The molecular formula is F2O2S4. The van der Waals surface area contributed by atoms with E-state index in [1.165, 1.54) is 0 Å². The van der Waals surface area contributed by atoms with Crippen LogP contribution < -0.4 is 0 Å². The van der Waals surface area contributed by atoms with Crippen molar-refractivity contribution in [1.82, 2.24) is 0 Å². The Bertz CT molecular complexity index is 58.0. The molecule has 0 saturated carbocycles. The van der Waals surface area contributed by atoms with Crippen molar-refractivity contribution < 1.29 is 16.9 Å². The number of halogens is 2. The van der Waals surface area contributed by atoms with Crippen LogP contribution in [-0.2, 0) is 19.8 Å². The Labute approximate surface area is 57.9 Å². The summed E-state index contributed by atoms with van der Waals surface area (Å²) in [6.45, 7) is 0. The Morgan fingerprint density at radius 2 is 1.88 bits per heavy atom. The summed E-state index contributed by atoms with van der Waals surface area (Å²) in [6, 6.07) is 0. The van der Waals surface area contributed by atoms with Crippen LogP contribution in [0.3, 0.4) is 0 Å². The lowest BCUT2D eigenvalue weighted by Gasteiger charge is -1.92. The van der Waals surface area contributed by atoms with Gasteiger partial charge in [-0.2, -0.15) is 0 Å². The van der Waals surface area contributed by atoms with E-state index in [0.29, 0.717) is 0 Å². The molecule has 0 heterocycles. The van der Waals surface area contributed by atoms with E-state index in [1.807, 2.05) is 0 Å². The summed E-state index contributed by atoms with van der Waals surface area (Å²) in [5.41, 5.74) is 0. The average molecular weight is 198 g/mol. The first kappa shape index (κ1) is 9.18. The molecule has 0 aliphatic rings. The van der Waals surface area contributed by atoms with Gasteiger partial charge in [-0.05, 0) is 0 Å². The Morgan fingerprint density at radius 1 is 1.38 bits per heavy atom. The summed E-state index contributed by atoms with van der Waals surface area (Å²) in [6.07, 6.45) is 0. The van der Waals surface area contributed by atoms with Crippen molar-refractivity contribution in [3.63, 3.8) is 0 Å². The minimum Gasteiger partial charge on any atom is -0.588 e. The number of hydrogen-bond donors (Lipinski definition) is 0. The van der Waals surface area contributed by atoms with Crippen molar-refractivity contribution in [3.05, 3.63) is 0 Å². The highest BCUT2D eigenvalue weighted by Gasteiger charge is 2.25. The molecule has 2 nitrogen and oxygen atoms in total. The fourth-order valence-electron chi connectivity index (χ4n) is 0.0542. The molecule has 0 aromatic heterocycles. The molecule has 0 N–H and O–H groups in total. The zero-order valence-corrected chi connectivity index (χ0v) is 6.47. The average Bonchev–Trinajstić information content (AvgIpc) is 1.65. The lowest BCUT2D eigenvalue weighted by molar-refractivity contribution is 0.569. The third-order valence-corrected chi connectivity index (χ3v) is 5.37. The summed E-state index contributed by atoms with van der Waals surface area (Å²) in [7, 11) is -4.89. The Hall–Kier alpha value is 1.18. The van der Waals surface area contributed by atoms with Gasteiger partial charge in [0, 0.05) is 3.89 Å². The quantitative estimate of drug-likeness (QED) is 0.509. The largest absolute Gasteiger partial charge is 0.588 e. The highest BCUT2D eigenvalue weighted by molar-refractivity contribution is 9.19. The van der Waals surface area contributed by atoms with E-state index in [9.17, 15) is 16.9 Å². The van der Waals surface area contributed by atoms with Crippen LogP contribution in [0.5, 0.6) is 0 Å². The molecule has 0 amide bonds. The van der Waals surface area contributed by atoms with Crippen LogP contribution in [-0.4, -0.2) is 9.11 Å². The lowest BCUT2D eigenvalue weighted by atomic mass is 15.9. The molecule has 0 spiro atoms. The van der Waals surface area contributed by atoms with Gasteiger partial charge in [-0.25, -0.2) is 0 Å². The molecule has 2 atom stereocenters. The van der Waals surface area contributed by atoms with Gasteiger partial charge in [-0.1, -0.05) is 0 Å². The second-order valence-corrected chi connectivity index (χ2v) is 6.83. The Balaban J connectivity index is 3.10. The first-order valence-corrected chi connectivity index (χ1v) is 6.43. The first-order valence-electron chi connectivity index (χ1n) is 1.14. The summed E-state index contributed by atoms with van der Waals surface area (Å²) in [5, 5.41) is 0. The van der Waals surface area contributed by atoms with Gasteiger partial charge in [0.1, 0.15) is 0 Å². The highest BCUT2D eigenvalue weighted by atomic mass is 33.7. The minimum atomic E-state index is -2.74. The monoisotopic (exact) mass is 198 g/mol. The molecule has 0 radical (unpaired) electrons. The van der Waals surface area contributed by atoms with Crippen molar-refractivity contribution in [3.8, 4) is 0 Å². The van der Waals surface area contributed by atoms with E-state index in [-0.39, 0.29) is 9.83 Å². The van der Waals surface area contributed by atoms with Crippen LogP contribution in [0, 0.1) is 0 Å². The molecule has 8 heteroatoms. The first-order chi connectivity index (χ1) is 3.66. The van der Waals surface area contributed by atoms with Crippen molar-refractivity contribution in [2.24, 2.45) is 0 Å². The van der Waals surface area contributed by atoms with E-state index in [4.69, 9.17) is 0 Å². The third kappa shape index (κ3) is 5.32. The molecule has 0 rings (SSSR count). The van der Waals surface area contributed by atoms with Gasteiger partial charge in [-0.3, -0.25) is 0 Å². The minimum absolute atomic E-state index is 0.0799. The van der Waals surface area contributed by atoms with E-state index < -0.39 is 31.0 Å². The maximum atomic E-state index is 11.2. The summed E-state index contributed by atoms with van der Waals surface area (Å²) >= 11 is -0.545. The summed E-state index contributed by atoms with van der Waals surface area (Å²) < 4.78 is 41.5. The molecule has 0 aliphatic heterocycles. The molecule has 0 aromatic rings. The van der Waals surface area contributed by atoms with E-state index in [0.717, 1.165) is 0 Å². The smallest absolute Gasteiger partial charge is 0.403 e. The predicted molar refractivity (Wildman–Crippen MR) is 33.7 cm³/mol. The normalized spacial score (nSPS) is 18.0. The fourth-order valence-corrected chi connectivity index (χ4v) is 3.21. The summed E-state index contributed by atoms with van der Waals surface area (Å²) in [5.74, 6) is 0.